The van der Waals surface area contributed by atoms with Crippen LogP contribution in [0.4, 0.5) is 11.4 Å². The number of aromatic nitrogens is 1. The summed E-state index contributed by atoms with van der Waals surface area (Å²) in [4.78, 5) is 16.1. The smallest absolute Gasteiger partial charge is 0.228 e. The number of rotatable bonds is 3. The summed E-state index contributed by atoms with van der Waals surface area (Å²) in [5, 5.41) is 2.93. The molecule has 2 aromatic rings. The lowest BCUT2D eigenvalue weighted by atomic mass is 10.1. The molecule has 1 aliphatic rings. The minimum Gasteiger partial charge on any atom is -0.397 e. The number of carbonyl (C=O) groups excluding carboxylic acids is 1. The third kappa shape index (κ3) is 2.75. The van der Waals surface area contributed by atoms with Crippen molar-refractivity contribution in [1.82, 2.24) is 4.98 Å². The number of benzene rings is 1. The van der Waals surface area contributed by atoms with E-state index in [1.54, 1.807) is 12.4 Å². The fourth-order valence-electron chi connectivity index (χ4n) is 2.54. The molecule has 0 bridgehead atoms. The van der Waals surface area contributed by atoms with E-state index in [2.05, 4.69) is 24.1 Å². The Balaban J connectivity index is 1.78. The second-order valence-corrected chi connectivity index (χ2v) is 6.27. The fourth-order valence-corrected chi connectivity index (χ4v) is 2.54. The van der Waals surface area contributed by atoms with Crippen LogP contribution in [0.25, 0.3) is 11.1 Å². The molecule has 1 amide bonds. The van der Waals surface area contributed by atoms with Gasteiger partial charge >= 0.3 is 0 Å². The topological polar surface area (TPSA) is 68.0 Å². The summed E-state index contributed by atoms with van der Waals surface area (Å²) in [6, 6.07) is 9.56. The molecule has 0 spiro atoms. The molecular formula is C17H19N3O. The predicted octanol–water partition coefficient (Wildman–Crippen LogP) is 3.32. The van der Waals surface area contributed by atoms with Crippen LogP contribution in [-0.2, 0) is 4.79 Å². The number of nitrogens with two attached hydrogens (primary N) is 1. The van der Waals surface area contributed by atoms with Crippen molar-refractivity contribution in [2.24, 2.45) is 11.3 Å². The molecule has 3 rings (SSSR count). The second kappa shape index (κ2) is 4.88. The van der Waals surface area contributed by atoms with Gasteiger partial charge in [0.25, 0.3) is 0 Å². The van der Waals surface area contributed by atoms with Crippen LogP contribution in [0.15, 0.2) is 42.7 Å². The highest BCUT2D eigenvalue weighted by molar-refractivity contribution is 5.97. The van der Waals surface area contributed by atoms with Gasteiger partial charge in [-0.2, -0.15) is 0 Å². The average molecular weight is 281 g/mol. The predicted molar refractivity (Wildman–Crippen MR) is 84.6 cm³/mol. The maximum atomic E-state index is 12.1. The first kappa shape index (κ1) is 13.6. The van der Waals surface area contributed by atoms with Gasteiger partial charge in [-0.3, -0.25) is 9.78 Å². The molecule has 1 aliphatic carbocycles. The Kier molecular flexibility index (Phi) is 3.16. The van der Waals surface area contributed by atoms with Crippen LogP contribution in [0.1, 0.15) is 20.3 Å². The van der Waals surface area contributed by atoms with Gasteiger partial charge in [0.2, 0.25) is 5.91 Å². The highest BCUT2D eigenvalue weighted by Gasteiger charge is 2.50. The van der Waals surface area contributed by atoms with Crippen LogP contribution in [-0.4, -0.2) is 10.9 Å². The summed E-state index contributed by atoms with van der Waals surface area (Å²) in [6.07, 6.45) is 4.43. The van der Waals surface area contributed by atoms with Crippen molar-refractivity contribution in [3.8, 4) is 11.1 Å². The molecule has 1 saturated carbocycles. The molecule has 1 aromatic heterocycles. The molecule has 0 saturated heterocycles. The normalized spacial score (nSPS) is 19.0. The van der Waals surface area contributed by atoms with E-state index < -0.39 is 0 Å². The van der Waals surface area contributed by atoms with Crippen molar-refractivity contribution in [2.45, 2.75) is 20.3 Å². The Morgan fingerprint density at radius 1 is 1.24 bits per heavy atom. The molecule has 1 aromatic carbocycles. The van der Waals surface area contributed by atoms with Gasteiger partial charge < -0.3 is 11.1 Å². The summed E-state index contributed by atoms with van der Waals surface area (Å²) in [7, 11) is 0. The number of nitrogens with zero attached hydrogens (tertiary/aromatic N) is 1. The number of pyridine rings is 1. The molecule has 0 radical (unpaired) electrons. The minimum absolute atomic E-state index is 0.0587. The van der Waals surface area contributed by atoms with E-state index in [0.717, 1.165) is 17.5 Å². The Morgan fingerprint density at radius 2 is 1.90 bits per heavy atom. The first-order valence-electron chi connectivity index (χ1n) is 7.08. The zero-order valence-electron chi connectivity index (χ0n) is 12.3. The molecule has 0 aliphatic heterocycles. The molecular weight excluding hydrogens is 262 g/mol. The molecule has 4 nitrogen and oxygen atoms in total. The van der Waals surface area contributed by atoms with Gasteiger partial charge in [-0.15, -0.1) is 0 Å². The first-order chi connectivity index (χ1) is 9.97. The van der Waals surface area contributed by atoms with Crippen molar-refractivity contribution in [1.29, 1.82) is 0 Å². The molecule has 1 fully saturated rings. The number of carbonyl (C=O) groups is 1. The highest BCUT2D eigenvalue weighted by Crippen LogP contribution is 2.52. The van der Waals surface area contributed by atoms with Gasteiger partial charge in [0, 0.05) is 18.3 Å². The SMILES string of the molecule is CC1(C)CC1C(=O)Nc1ccc(-c2ccncc2)cc1N. The number of hydrogen-bond donors (Lipinski definition) is 2. The second-order valence-electron chi connectivity index (χ2n) is 6.27. The molecule has 1 atom stereocenters. The van der Waals surface area contributed by atoms with Crippen molar-refractivity contribution in [2.75, 3.05) is 11.1 Å². The molecule has 1 unspecified atom stereocenters. The Bertz CT molecular complexity index is 680. The largest absolute Gasteiger partial charge is 0.397 e. The number of amides is 1. The van der Waals surface area contributed by atoms with Crippen molar-refractivity contribution in [3.05, 3.63) is 42.7 Å². The number of anilines is 2. The van der Waals surface area contributed by atoms with Crippen molar-refractivity contribution in [3.63, 3.8) is 0 Å². The van der Waals surface area contributed by atoms with Crippen LogP contribution < -0.4 is 11.1 Å². The highest BCUT2D eigenvalue weighted by atomic mass is 16.2. The third-order valence-electron chi connectivity index (χ3n) is 4.15. The van der Waals surface area contributed by atoms with Gasteiger partial charge in [0.05, 0.1) is 11.4 Å². The molecule has 3 N–H and O–H groups in total. The molecule has 108 valence electrons. The summed E-state index contributed by atoms with van der Waals surface area (Å²) in [5.41, 5.74) is 9.51. The van der Waals surface area contributed by atoms with Gasteiger partial charge in [-0.25, -0.2) is 0 Å². The van der Waals surface area contributed by atoms with E-state index in [-0.39, 0.29) is 17.2 Å². The van der Waals surface area contributed by atoms with E-state index in [0.29, 0.717) is 11.4 Å². The number of hydrogen-bond acceptors (Lipinski definition) is 3. The standard InChI is InChI=1S/C17H19N3O/c1-17(2)10-13(17)16(21)20-15-4-3-12(9-14(15)18)11-5-7-19-8-6-11/h3-9,13H,10,18H2,1-2H3,(H,20,21). The van der Waals surface area contributed by atoms with Crippen molar-refractivity contribution >= 4 is 17.3 Å². The zero-order chi connectivity index (χ0) is 15.0. The lowest BCUT2D eigenvalue weighted by Gasteiger charge is -2.11. The maximum Gasteiger partial charge on any atom is 0.228 e. The van der Waals surface area contributed by atoms with Gasteiger partial charge in [-0.1, -0.05) is 19.9 Å². The monoisotopic (exact) mass is 281 g/mol. The zero-order valence-corrected chi connectivity index (χ0v) is 12.3. The van der Waals surface area contributed by atoms with E-state index in [1.165, 1.54) is 0 Å². The maximum absolute atomic E-state index is 12.1. The lowest BCUT2D eigenvalue weighted by Crippen LogP contribution is -2.17. The molecule has 21 heavy (non-hydrogen) atoms. The minimum atomic E-state index is 0.0587. The quantitative estimate of drug-likeness (QED) is 0.848. The summed E-state index contributed by atoms with van der Waals surface area (Å²) < 4.78 is 0. The Hall–Kier alpha value is -2.36. The molecule has 4 heteroatoms. The summed E-state index contributed by atoms with van der Waals surface area (Å²) >= 11 is 0. The molecule has 1 heterocycles. The Labute approximate surface area is 124 Å². The van der Waals surface area contributed by atoms with Gasteiger partial charge in [-0.05, 0) is 47.2 Å². The van der Waals surface area contributed by atoms with Gasteiger partial charge in [0.1, 0.15) is 0 Å². The first-order valence-corrected chi connectivity index (χ1v) is 7.08. The van der Waals surface area contributed by atoms with Crippen LogP contribution in [0.3, 0.4) is 0 Å². The van der Waals surface area contributed by atoms with Crippen LogP contribution in [0.2, 0.25) is 0 Å². The van der Waals surface area contributed by atoms with Crippen LogP contribution >= 0.6 is 0 Å². The van der Waals surface area contributed by atoms with Crippen LogP contribution in [0.5, 0.6) is 0 Å². The average Bonchev–Trinajstić information content (AvgIpc) is 3.11. The summed E-state index contributed by atoms with van der Waals surface area (Å²) in [5.74, 6) is 0.153. The third-order valence-corrected chi connectivity index (χ3v) is 4.15. The number of nitrogens with one attached hydrogen (secondary N) is 1. The fraction of sp³-hybridized carbons (Fsp3) is 0.294. The lowest BCUT2D eigenvalue weighted by molar-refractivity contribution is -0.117. The van der Waals surface area contributed by atoms with E-state index >= 15 is 0 Å². The van der Waals surface area contributed by atoms with Gasteiger partial charge in [0.15, 0.2) is 0 Å². The Morgan fingerprint density at radius 3 is 2.48 bits per heavy atom. The van der Waals surface area contributed by atoms with Crippen molar-refractivity contribution < 1.29 is 4.79 Å². The van der Waals surface area contributed by atoms with E-state index in [1.807, 2.05) is 30.3 Å². The van der Waals surface area contributed by atoms with E-state index in [4.69, 9.17) is 5.73 Å². The van der Waals surface area contributed by atoms with Crippen LogP contribution in [0, 0.1) is 11.3 Å². The summed E-state index contributed by atoms with van der Waals surface area (Å²) in [6.45, 7) is 4.21. The van der Waals surface area contributed by atoms with E-state index in [9.17, 15) is 4.79 Å². The number of nitrogen functional groups attached to an aromatic ring is 1.